The van der Waals surface area contributed by atoms with Gasteiger partial charge in [-0.15, -0.1) is 0 Å². The van der Waals surface area contributed by atoms with E-state index < -0.39 is 5.97 Å². The van der Waals surface area contributed by atoms with Crippen LogP contribution in [0.5, 0.6) is 5.75 Å². The lowest BCUT2D eigenvalue weighted by atomic mass is 10.1. The smallest absolute Gasteiger partial charge is 0.338 e. The van der Waals surface area contributed by atoms with E-state index in [0.717, 1.165) is 10.9 Å². The minimum absolute atomic E-state index is 0.00415. The van der Waals surface area contributed by atoms with Crippen LogP contribution in [-0.2, 0) is 16.1 Å². The largest absolute Gasteiger partial charge is 0.482 e. The zero-order valence-corrected chi connectivity index (χ0v) is 14.2. The van der Waals surface area contributed by atoms with Crippen LogP contribution >= 0.6 is 11.6 Å². The number of hydrogen-bond acceptors (Lipinski definition) is 5. The van der Waals surface area contributed by atoms with E-state index in [9.17, 15) is 9.59 Å². The van der Waals surface area contributed by atoms with Crippen molar-refractivity contribution in [1.82, 2.24) is 4.98 Å². The Morgan fingerprint density at radius 2 is 2.08 bits per heavy atom. The van der Waals surface area contributed by atoms with E-state index in [2.05, 4.69) is 10.3 Å². The summed E-state index contributed by atoms with van der Waals surface area (Å²) in [5.41, 5.74) is 2.26. The van der Waals surface area contributed by atoms with Gasteiger partial charge in [0.1, 0.15) is 17.5 Å². The predicted octanol–water partition coefficient (Wildman–Crippen LogP) is 3.58. The molecule has 0 fully saturated rings. The summed E-state index contributed by atoms with van der Waals surface area (Å²) in [7, 11) is 0. The first-order valence-electron chi connectivity index (χ1n) is 7.88. The lowest BCUT2D eigenvalue weighted by Crippen LogP contribution is -2.25. The summed E-state index contributed by atoms with van der Waals surface area (Å²) in [4.78, 5) is 27.9. The van der Waals surface area contributed by atoms with E-state index in [1.165, 1.54) is 6.07 Å². The second kappa shape index (κ2) is 6.65. The van der Waals surface area contributed by atoms with Crippen molar-refractivity contribution in [3.63, 3.8) is 0 Å². The maximum Gasteiger partial charge on any atom is 0.338 e. The Morgan fingerprint density at radius 3 is 2.96 bits per heavy atom. The van der Waals surface area contributed by atoms with Crippen molar-refractivity contribution in [1.29, 1.82) is 0 Å². The molecule has 4 rings (SSSR count). The van der Waals surface area contributed by atoms with Crippen LogP contribution in [0.25, 0.3) is 10.9 Å². The third-order valence-corrected chi connectivity index (χ3v) is 4.29. The van der Waals surface area contributed by atoms with Gasteiger partial charge in [-0.1, -0.05) is 29.8 Å². The molecule has 0 atom stereocenters. The number of carbonyl (C=O) groups excluding carboxylic acids is 2. The van der Waals surface area contributed by atoms with E-state index in [1.807, 2.05) is 30.3 Å². The Kier molecular flexibility index (Phi) is 4.18. The molecule has 6 nitrogen and oxygen atoms in total. The summed E-state index contributed by atoms with van der Waals surface area (Å²) < 4.78 is 10.7. The molecule has 0 radical (unpaired) electrons. The lowest BCUT2D eigenvalue weighted by molar-refractivity contribution is -0.118. The fourth-order valence-electron chi connectivity index (χ4n) is 2.67. The van der Waals surface area contributed by atoms with E-state index in [1.54, 1.807) is 12.1 Å². The topological polar surface area (TPSA) is 77.5 Å². The number of benzene rings is 2. The number of carbonyl (C=O) groups is 2. The van der Waals surface area contributed by atoms with Gasteiger partial charge in [-0.05, 0) is 30.3 Å². The lowest BCUT2D eigenvalue weighted by Gasteiger charge is -2.18. The number of rotatable bonds is 3. The van der Waals surface area contributed by atoms with Crippen LogP contribution in [-0.4, -0.2) is 23.5 Å². The van der Waals surface area contributed by atoms with Crippen molar-refractivity contribution in [3.05, 3.63) is 64.8 Å². The minimum atomic E-state index is -0.516. The fourth-order valence-corrected chi connectivity index (χ4v) is 2.87. The Morgan fingerprint density at radius 1 is 1.23 bits per heavy atom. The van der Waals surface area contributed by atoms with Crippen LogP contribution < -0.4 is 10.1 Å². The molecule has 0 saturated carbocycles. The quantitative estimate of drug-likeness (QED) is 0.564. The molecule has 0 aliphatic carbocycles. The van der Waals surface area contributed by atoms with Crippen molar-refractivity contribution in [3.8, 4) is 5.75 Å². The summed E-state index contributed by atoms with van der Waals surface area (Å²) >= 11 is 6.18. The van der Waals surface area contributed by atoms with Gasteiger partial charge in [0.05, 0.1) is 16.8 Å². The number of esters is 1. The molecule has 26 heavy (non-hydrogen) atoms. The van der Waals surface area contributed by atoms with Crippen LogP contribution in [0.2, 0.25) is 5.15 Å². The highest BCUT2D eigenvalue weighted by molar-refractivity contribution is 6.30. The highest BCUT2D eigenvalue weighted by Gasteiger charge is 2.18. The first-order chi connectivity index (χ1) is 12.6. The van der Waals surface area contributed by atoms with Crippen molar-refractivity contribution < 1.29 is 19.1 Å². The Bertz CT molecular complexity index is 1040. The molecule has 1 aromatic heterocycles. The molecule has 1 N–H and O–H groups in total. The zero-order chi connectivity index (χ0) is 18.1. The average molecular weight is 369 g/mol. The molecular weight excluding hydrogens is 356 g/mol. The number of para-hydroxylation sites is 1. The highest BCUT2D eigenvalue weighted by atomic mass is 35.5. The maximum absolute atomic E-state index is 12.3. The number of halogens is 1. The minimum Gasteiger partial charge on any atom is -0.482 e. The molecule has 2 heterocycles. The third-order valence-electron chi connectivity index (χ3n) is 3.96. The van der Waals surface area contributed by atoms with Gasteiger partial charge < -0.3 is 14.8 Å². The van der Waals surface area contributed by atoms with Crippen LogP contribution in [0.4, 0.5) is 5.69 Å². The van der Waals surface area contributed by atoms with E-state index in [-0.39, 0.29) is 19.1 Å². The molecule has 130 valence electrons. The molecule has 0 saturated heterocycles. The molecule has 1 aliphatic heterocycles. The molecule has 1 aliphatic rings. The van der Waals surface area contributed by atoms with E-state index >= 15 is 0 Å². The van der Waals surface area contributed by atoms with E-state index in [0.29, 0.717) is 27.7 Å². The summed E-state index contributed by atoms with van der Waals surface area (Å²) in [6.45, 7) is -0.0754. The highest BCUT2D eigenvalue weighted by Crippen LogP contribution is 2.29. The van der Waals surface area contributed by atoms with E-state index in [4.69, 9.17) is 21.1 Å². The molecule has 7 heteroatoms. The molecule has 0 bridgehead atoms. The number of pyridine rings is 1. The number of hydrogen-bond donors (Lipinski definition) is 1. The Balaban J connectivity index is 1.51. The zero-order valence-electron chi connectivity index (χ0n) is 13.5. The molecule has 1 amide bonds. The van der Waals surface area contributed by atoms with Gasteiger partial charge in [-0.2, -0.15) is 0 Å². The normalized spacial score (nSPS) is 12.9. The maximum atomic E-state index is 12.3. The van der Waals surface area contributed by atoms with Crippen LogP contribution in [0.15, 0.2) is 48.5 Å². The van der Waals surface area contributed by atoms with Gasteiger partial charge >= 0.3 is 5.97 Å². The number of fused-ring (bicyclic) bond motifs is 2. The Hall–Kier alpha value is -3.12. The first-order valence-corrected chi connectivity index (χ1v) is 8.26. The average Bonchev–Trinajstić information content (AvgIpc) is 2.65. The van der Waals surface area contributed by atoms with Crippen LogP contribution in [0.3, 0.4) is 0 Å². The summed E-state index contributed by atoms with van der Waals surface area (Å²) in [6, 6.07) is 14.1. The number of aromatic nitrogens is 1. The van der Waals surface area contributed by atoms with Gasteiger partial charge in [0.15, 0.2) is 6.61 Å². The van der Waals surface area contributed by atoms with Crippen molar-refractivity contribution in [2.24, 2.45) is 0 Å². The second-order valence-corrected chi connectivity index (χ2v) is 6.11. The monoisotopic (exact) mass is 368 g/mol. The SMILES string of the molecule is O=C1COc2cc(C(=O)OCc3cc4ccccc4nc3Cl)ccc2N1. The van der Waals surface area contributed by atoms with Gasteiger partial charge in [-0.25, -0.2) is 9.78 Å². The van der Waals surface area contributed by atoms with Crippen LogP contribution in [0.1, 0.15) is 15.9 Å². The summed E-state index contributed by atoms with van der Waals surface area (Å²) in [5.74, 6) is -0.312. The second-order valence-electron chi connectivity index (χ2n) is 5.75. The molecule has 2 aromatic carbocycles. The van der Waals surface area contributed by atoms with Gasteiger partial charge in [-0.3, -0.25) is 4.79 Å². The Labute approximate surface area is 153 Å². The van der Waals surface area contributed by atoms with Crippen molar-refractivity contribution in [2.75, 3.05) is 11.9 Å². The number of nitrogens with zero attached hydrogens (tertiary/aromatic N) is 1. The van der Waals surface area contributed by atoms with Crippen molar-refractivity contribution in [2.45, 2.75) is 6.61 Å². The molecular formula is C19H13ClN2O4. The predicted molar refractivity (Wildman–Crippen MR) is 96.4 cm³/mol. The van der Waals surface area contributed by atoms with Gasteiger partial charge in [0.2, 0.25) is 0 Å². The standard InChI is InChI=1S/C19H13ClN2O4/c20-18-13(7-11-3-1-2-4-14(11)22-18)9-26-19(24)12-5-6-15-16(8-12)25-10-17(23)21-15/h1-8H,9-10H2,(H,21,23). The van der Waals surface area contributed by atoms with Gasteiger partial charge in [0, 0.05) is 10.9 Å². The molecule has 0 unspecified atom stereocenters. The first kappa shape index (κ1) is 16.4. The summed E-state index contributed by atoms with van der Waals surface area (Å²) in [6.07, 6.45) is 0. The fraction of sp³-hybridized carbons (Fsp3) is 0.105. The number of amides is 1. The van der Waals surface area contributed by atoms with Crippen molar-refractivity contribution >= 4 is 40.1 Å². The number of anilines is 1. The summed E-state index contributed by atoms with van der Waals surface area (Å²) in [5, 5.41) is 3.88. The van der Waals surface area contributed by atoms with Crippen LogP contribution in [0, 0.1) is 0 Å². The number of ether oxygens (including phenoxy) is 2. The number of nitrogens with one attached hydrogen (secondary N) is 1. The molecule has 0 spiro atoms. The third kappa shape index (κ3) is 3.19. The van der Waals surface area contributed by atoms with Gasteiger partial charge in [0.25, 0.3) is 5.91 Å². The molecule has 3 aromatic rings.